The number of aromatic amines is 1. The van der Waals surface area contributed by atoms with Gasteiger partial charge in [0.15, 0.2) is 18.6 Å². The Kier molecular flexibility index (Phi) is 8.84. The van der Waals surface area contributed by atoms with Crippen LogP contribution in [0.2, 0.25) is 0 Å². The van der Waals surface area contributed by atoms with Crippen LogP contribution < -0.4 is 18.9 Å². The molecule has 0 bridgehead atoms. The minimum Gasteiger partial charge on any atom is -0.540 e. The summed E-state index contributed by atoms with van der Waals surface area (Å²) in [5.41, 5.74) is 12.6. The molecular formula is C39H35N3OSr+4. The number of aryl methyl sites for hydroxylation is 2. The van der Waals surface area contributed by atoms with Crippen LogP contribution in [0.4, 0.5) is 0 Å². The van der Waals surface area contributed by atoms with Crippen molar-refractivity contribution in [3.8, 4) is 39.5 Å². The Hall–Kier alpha value is -3.61. The van der Waals surface area contributed by atoms with Crippen molar-refractivity contribution in [2.24, 2.45) is 0 Å². The van der Waals surface area contributed by atoms with Gasteiger partial charge in [0.2, 0.25) is 11.4 Å². The molecule has 0 saturated carbocycles. The van der Waals surface area contributed by atoms with Crippen LogP contribution in [0.5, 0.6) is 5.75 Å². The molecule has 0 saturated heterocycles. The molecule has 0 amide bonds. The maximum atomic E-state index is 5.25. The second-order valence-electron chi connectivity index (χ2n) is 10.9. The fourth-order valence-electron chi connectivity index (χ4n) is 6.96. The molecule has 44 heavy (non-hydrogen) atoms. The van der Waals surface area contributed by atoms with Crippen LogP contribution in [0.15, 0.2) is 128 Å². The zero-order valence-corrected chi connectivity index (χ0v) is 29.0. The molecule has 3 aromatic carbocycles. The first-order valence-electron chi connectivity index (χ1n) is 15.0. The number of nitrogens with one attached hydrogen (secondary N) is 1. The van der Waals surface area contributed by atoms with E-state index >= 15 is 0 Å². The molecule has 5 heterocycles. The molecule has 210 valence electrons. The third-order valence-corrected chi connectivity index (χ3v) is 8.76. The molecule has 4 nitrogen and oxygen atoms in total. The Balaban J connectivity index is 0.000000194. The van der Waals surface area contributed by atoms with E-state index < -0.39 is 0 Å². The smallest absolute Gasteiger partial charge is 0.540 e. The molecule has 1 spiro atoms. The molecule has 0 aliphatic carbocycles. The predicted molar refractivity (Wildman–Crippen MR) is 174 cm³/mol. The number of ether oxygens (including phenoxy) is 1. The van der Waals surface area contributed by atoms with Crippen molar-refractivity contribution in [1.82, 2.24) is 0 Å². The van der Waals surface area contributed by atoms with E-state index in [1.807, 2.05) is 42.6 Å². The van der Waals surface area contributed by atoms with Crippen molar-refractivity contribution in [3.05, 3.63) is 156 Å². The van der Waals surface area contributed by atoms with Gasteiger partial charge in [-0.15, -0.1) is 33.4 Å². The molecule has 3 aromatic heterocycles. The van der Waals surface area contributed by atoms with Crippen molar-refractivity contribution in [1.29, 1.82) is 0 Å². The van der Waals surface area contributed by atoms with Crippen LogP contribution in [0.25, 0.3) is 33.8 Å². The Bertz CT molecular complexity index is 1850. The first kappa shape index (κ1) is 30.4. The molecule has 0 atom stereocenters. The Morgan fingerprint density at radius 3 is 1.80 bits per heavy atom. The molecule has 8 rings (SSSR count). The zero-order valence-electron chi connectivity index (χ0n) is 25.5. The number of benzene rings is 3. The van der Waals surface area contributed by atoms with Crippen molar-refractivity contribution in [2.45, 2.75) is 32.4 Å². The standard InChI is InChI=1S/C27H24N2.C12H10NO.Sr/c1-3-19-11-9-13-21-25(19)23-15-5-7-17-28(23)27(21)22-14-10-12-20(4-2)26(22)24-16-6-8-18-29(24)27;1-14-12-8-3-2-6-10(12)11-7-4-5-9-13-11;/h5-18H,3-4H2,1-2H3;2-5,7-9H,1H3;/q+2;-1;+2/p+1. The number of H-pyrrole nitrogens is 1. The van der Waals surface area contributed by atoms with Crippen LogP contribution in [0, 0.1) is 6.07 Å². The van der Waals surface area contributed by atoms with Crippen LogP contribution in [0.1, 0.15) is 36.1 Å². The van der Waals surface area contributed by atoms with E-state index in [0.717, 1.165) is 29.8 Å². The molecule has 0 fully saturated rings. The summed E-state index contributed by atoms with van der Waals surface area (Å²) < 4.78 is 10.2. The van der Waals surface area contributed by atoms with Crippen LogP contribution in [-0.4, -0.2) is 52.6 Å². The van der Waals surface area contributed by atoms with Crippen LogP contribution >= 0.6 is 0 Å². The second-order valence-corrected chi connectivity index (χ2v) is 10.9. The normalized spacial score (nSPS) is 12.6. The van der Waals surface area contributed by atoms with Gasteiger partial charge >= 0.3 is 51.1 Å². The average Bonchev–Trinajstić information content (AvgIpc) is 3.56. The molecule has 2 aliphatic rings. The number of hydrogen-bond acceptors (Lipinski definition) is 1. The van der Waals surface area contributed by atoms with Crippen molar-refractivity contribution < 1.29 is 18.9 Å². The zero-order chi connectivity index (χ0) is 29.4. The van der Waals surface area contributed by atoms with E-state index in [0.29, 0.717) is 0 Å². The van der Waals surface area contributed by atoms with E-state index in [4.69, 9.17) is 4.74 Å². The number of fused-ring (bicyclic) bond motifs is 10. The predicted octanol–water partition coefficient (Wildman–Crippen LogP) is 6.24. The van der Waals surface area contributed by atoms with Gasteiger partial charge in [-0.2, -0.15) is 0 Å². The molecule has 1 N–H and O–H groups in total. The molecular weight excluding hydrogens is 614 g/mol. The SMILES string of the molecule is CCc1cccc2c1-c1cccc[n+]1C21c2cccc(CC)c2-c2cccc[n+]21.COc1ccc[c-]c1-c1cccc[nH+]1.[Sr+2]. The summed E-state index contributed by atoms with van der Waals surface area (Å²) in [5, 5.41) is 0. The number of nitrogens with zero attached hydrogens (tertiary/aromatic N) is 2. The maximum absolute atomic E-state index is 5.25. The molecule has 5 heteroatoms. The molecule has 0 radical (unpaired) electrons. The number of rotatable bonds is 4. The quantitative estimate of drug-likeness (QED) is 0.126. The first-order chi connectivity index (χ1) is 21.2. The number of pyridine rings is 3. The largest absolute Gasteiger partial charge is 2.00 e. The molecule has 2 aliphatic heterocycles. The summed E-state index contributed by atoms with van der Waals surface area (Å²) in [4.78, 5) is 3.15. The third kappa shape index (κ3) is 4.65. The van der Waals surface area contributed by atoms with Gasteiger partial charge in [-0.3, -0.25) is 4.98 Å². The molecule has 0 unspecified atom stereocenters. The van der Waals surface area contributed by atoms with E-state index in [9.17, 15) is 0 Å². The summed E-state index contributed by atoms with van der Waals surface area (Å²) >= 11 is 0. The van der Waals surface area contributed by atoms with Gasteiger partial charge in [0.1, 0.15) is 16.8 Å². The van der Waals surface area contributed by atoms with Crippen molar-refractivity contribution in [3.63, 3.8) is 0 Å². The minimum absolute atomic E-state index is 0. The van der Waals surface area contributed by atoms with Crippen LogP contribution in [-0.2, 0) is 18.5 Å². The summed E-state index contributed by atoms with van der Waals surface area (Å²) in [6.07, 6.45) is 8.46. The van der Waals surface area contributed by atoms with Gasteiger partial charge in [-0.05, 0) is 59.9 Å². The van der Waals surface area contributed by atoms with E-state index in [1.165, 1.54) is 44.8 Å². The summed E-state index contributed by atoms with van der Waals surface area (Å²) in [5.74, 6) is 0.829. The summed E-state index contributed by atoms with van der Waals surface area (Å²) in [7, 11) is 1.66. The van der Waals surface area contributed by atoms with Crippen molar-refractivity contribution in [2.75, 3.05) is 7.11 Å². The monoisotopic (exact) mass is 649 g/mol. The fraction of sp³-hybridized carbons (Fsp3) is 0.154. The van der Waals surface area contributed by atoms with E-state index in [1.54, 1.807) is 7.11 Å². The summed E-state index contributed by atoms with van der Waals surface area (Å²) in [6, 6.07) is 41.7. The summed E-state index contributed by atoms with van der Waals surface area (Å²) in [6.45, 7) is 4.51. The maximum Gasteiger partial charge on any atom is 2.00 e. The topological polar surface area (TPSA) is 31.1 Å². The van der Waals surface area contributed by atoms with Crippen molar-refractivity contribution >= 4 is 45.5 Å². The molecule has 6 aromatic rings. The van der Waals surface area contributed by atoms with Crippen LogP contribution in [0.3, 0.4) is 0 Å². The van der Waals surface area contributed by atoms with Gasteiger partial charge < -0.3 is 4.74 Å². The van der Waals surface area contributed by atoms with Gasteiger partial charge in [-0.1, -0.05) is 44.2 Å². The second kappa shape index (κ2) is 12.8. The number of aromatic nitrogens is 3. The third-order valence-electron chi connectivity index (χ3n) is 8.76. The van der Waals surface area contributed by atoms with Gasteiger partial charge in [-0.25, -0.2) is 0 Å². The first-order valence-corrected chi connectivity index (χ1v) is 15.0. The number of methoxy groups -OCH3 is 1. The Labute approximate surface area is 296 Å². The van der Waals surface area contributed by atoms with Gasteiger partial charge in [0, 0.05) is 36.1 Å². The van der Waals surface area contributed by atoms with E-state index in [-0.39, 0.29) is 51.1 Å². The fourth-order valence-corrected chi connectivity index (χ4v) is 6.96. The number of hydrogen-bond donors (Lipinski definition) is 0. The van der Waals surface area contributed by atoms with E-state index in [2.05, 4.69) is 119 Å². The average molecular weight is 649 g/mol. The minimum atomic E-state index is -0.367. The van der Waals surface area contributed by atoms with Gasteiger partial charge in [0.05, 0.1) is 18.2 Å². The Morgan fingerprint density at radius 2 is 1.27 bits per heavy atom. The Morgan fingerprint density at radius 1 is 0.682 bits per heavy atom. The van der Waals surface area contributed by atoms with Gasteiger partial charge in [0.25, 0.3) is 0 Å².